The normalized spacial score (nSPS) is 16.1. The molecule has 1 aromatic rings. The zero-order valence-electron chi connectivity index (χ0n) is 8.32. The van der Waals surface area contributed by atoms with Crippen LogP contribution in [0.3, 0.4) is 0 Å². The molecule has 0 radical (unpaired) electrons. The van der Waals surface area contributed by atoms with Crippen molar-refractivity contribution >= 4 is 0 Å². The van der Waals surface area contributed by atoms with Crippen molar-refractivity contribution in [2.45, 2.75) is 13.0 Å². The molecule has 0 bridgehead atoms. The van der Waals surface area contributed by atoms with Gasteiger partial charge in [-0.25, -0.2) is 0 Å². The van der Waals surface area contributed by atoms with Crippen LogP contribution in [0.25, 0.3) is 0 Å². The first-order valence-electron chi connectivity index (χ1n) is 4.98. The average Bonchev–Trinajstić information content (AvgIpc) is 2.13. The maximum atomic E-state index is 5.69. The van der Waals surface area contributed by atoms with Crippen molar-refractivity contribution in [1.29, 1.82) is 0 Å². The Balaban J connectivity index is 1.97. The van der Waals surface area contributed by atoms with Crippen molar-refractivity contribution in [2.24, 2.45) is 0 Å². The maximum Gasteiger partial charge on any atom is 0.123 e. The molecule has 0 amide bonds. The topological polar surface area (TPSA) is 30.5 Å². The minimum atomic E-state index is 0.326. The van der Waals surface area contributed by atoms with Crippen molar-refractivity contribution in [3.63, 3.8) is 0 Å². The molecule has 1 aliphatic rings. The third-order valence-electron chi connectivity index (χ3n) is 2.16. The molecule has 1 N–H and O–H groups in total. The van der Waals surface area contributed by atoms with Crippen LogP contribution in [0.5, 0.6) is 11.5 Å². The van der Waals surface area contributed by atoms with E-state index in [9.17, 15) is 0 Å². The molecule has 0 aromatic heterocycles. The van der Waals surface area contributed by atoms with E-state index in [0.29, 0.717) is 12.7 Å². The number of ether oxygens (including phenoxy) is 2. The zero-order valence-corrected chi connectivity index (χ0v) is 8.32. The molecule has 0 atom stereocenters. The molecule has 76 valence electrons. The molecule has 14 heavy (non-hydrogen) atoms. The summed E-state index contributed by atoms with van der Waals surface area (Å²) in [4.78, 5) is 0. The van der Waals surface area contributed by atoms with E-state index in [1.807, 2.05) is 31.2 Å². The summed E-state index contributed by atoms with van der Waals surface area (Å²) in [7, 11) is 0. The number of hydrogen-bond donors (Lipinski definition) is 1. The maximum absolute atomic E-state index is 5.69. The lowest BCUT2D eigenvalue weighted by Crippen LogP contribution is -2.50. The van der Waals surface area contributed by atoms with Crippen molar-refractivity contribution in [2.75, 3.05) is 19.7 Å². The molecule has 0 spiro atoms. The fourth-order valence-electron chi connectivity index (χ4n) is 1.34. The van der Waals surface area contributed by atoms with Gasteiger partial charge in [-0.15, -0.1) is 0 Å². The van der Waals surface area contributed by atoms with Crippen molar-refractivity contribution < 1.29 is 9.47 Å². The Morgan fingerprint density at radius 2 is 2.14 bits per heavy atom. The summed E-state index contributed by atoms with van der Waals surface area (Å²) in [6.45, 7) is 4.55. The monoisotopic (exact) mass is 193 g/mol. The van der Waals surface area contributed by atoms with E-state index in [2.05, 4.69) is 5.32 Å². The van der Waals surface area contributed by atoms with Crippen LogP contribution in [0.4, 0.5) is 0 Å². The second-order valence-electron chi connectivity index (χ2n) is 3.31. The molecule has 1 fully saturated rings. The summed E-state index contributed by atoms with van der Waals surface area (Å²) in [5.74, 6) is 1.76. The van der Waals surface area contributed by atoms with Crippen molar-refractivity contribution in [3.05, 3.63) is 24.3 Å². The minimum absolute atomic E-state index is 0.326. The molecule has 0 unspecified atom stereocenters. The van der Waals surface area contributed by atoms with Gasteiger partial charge in [-0.3, -0.25) is 0 Å². The number of hydrogen-bond acceptors (Lipinski definition) is 3. The highest BCUT2D eigenvalue weighted by Gasteiger charge is 2.18. The second kappa shape index (κ2) is 4.33. The molecule has 0 aliphatic carbocycles. The van der Waals surface area contributed by atoms with Gasteiger partial charge in [0.25, 0.3) is 0 Å². The molecular weight excluding hydrogens is 178 g/mol. The summed E-state index contributed by atoms with van der Waals surface area (Å²) in [5.41, 5.74) is 0. The Bertz CT molecular complexity index is 297. The van der Waals surface area contributed by atoms with Gasteiger partial charge in [0.1, 0.15) is 17.6 Å². The first-order chi connectivity index (χ1) is 6.88. The van der Waals surface area contributed by atoms with E-state index in [0.717, 1.165) is 24.6 Å². The lowest BCUT2D eigenvalue weighted by molar-refractivity contribution is 0.141. The standard InChI is InChI=1S/C11H15NO2/c1-2-13-9-4-3-5-10(6-9)14-11-7-12-8-11/h3-6,11-12H,2,7-8H2,1H3. The summed E-state index contributed by atoms with van der Waals surface area (Å²) >= 11 is 0. The van der Waals surface area contributed by atoms with E-state index >= 15 is 0 Å². The Kier molecular flexibility index (Phi) is 2.89. The summed E-state index contributed by atoms with van der Waals surface area (Å²) in [6.07, 6.45) is 0.326. The number of rotatable bonds is 4. The molecule has 2 rings (SSSR count). The van der Waals surface area contributed by atoms with Crippen LogP contribution in [-0.4, -0.2) is 25.8 Å². The Labute approximate surface area is 84.0 Å². The van der Waals surface area contributed by atoms with Gasteiger partial charge in [0, 0.05) is 19.2 Å². The van der Waals surface area contributed by atoms with Gasteiger partial charge >= 0.3 is 0 Å². The highest BCUT2D eigenvalue weighted by Crippen LogP contribution is 2.20. The van der Waals surface area contributed by atoms with Gasteiger partial charge < -0.3 is 14.8 Å². The Hall–Kier alpha value is -1.22. The number of benzene rings is 1. The van der Waals surface area contributed by atoms with Crippen LogP contribution in [0.15, 0.2) is 24.3 Å². The molecule has 1 heterocycles. The molecule has 3 nitrogen and oxygen atoms in total. The van der Waals surface area contributed by atoms with Crippen LogP contribution in [0.2, 0.25) is 0 Å². The van der Waals surface area contributed by atoms with Crippen LogP contribution in [0.1, 0.15) is 6.92 Å². The van der Waals surface area contributed by atoms with Gasteiger partial charge in [-0.1, -0.05) is 6.07 Å². The lowest BCUT2D eigenvalue weighted by atomic mass is 10.2. The van der Waals surface area contributed by atoms with E-state index in [1.54, 1.807) is 0 Å². The third kappa shape index (κ3) is 2.17. The van der Waals surface area contributed by atoms with E-state index < -0.39 is 0 Å². The van der Waals surface area contributed by atoms with Crippen LogP contribution in [-0.2, 0) is 0 Å². The summed E-state index contributed by atoms with van der Waals surface area (Å²) in [6, 6.07) is 7.78. The highest BCUT2D eigenvalue weighted by molar-refractivity contribution is 5.33. The summed E-state index contributed by atoms with van der Waals surface area (Å²) < 4.78 is 11.1. The zero-order chi connectivity index (χ0) is 9.80. The van der Waals surface area contributed by atoms with Gasteiger partial charge in [-0.05, 0) is 19.1 Å². The quantitative estimate of drug-likeness (QED) is 0.784. The van der Waals surface area contributed by atoms with Crippen LogP contribution >= 0.6 is 0 Å². The van der Waals surface area contributed by atoms with Crippen LogP contribution in [0, 0.1) is 0 Å². The second-order valence-corrected chi connectivity index (χ2v) is 3.31. The Morgan fingerprint density at radius 3 is 2.79 bits per heavy atom. The predicted octanol–water partition coefficient (Wildman–Crippen LogP) is 1.44. The smallest absolute Gasteiger partial charge is 0.123 e. The minimum Gasteiger partial charge on any atom is -0.494 e. The highest BCUT2D eigenvalue weighted by atomic mass is 16.5. The van der Waals surface area contributed by atoms with Crippen molar-refractivity contribution in [3.8, 4) is 11.5 Å². The van der Waals surface area contributed by atoms with E-state index in [4.69, 9.17) is 9.47 Å². The van der Waals surface area contributed by atoms with Gasteiger partial charge in [0.05, 0.1) is 6.61 Å². The van der Waals surface area contributed by atoms with E-state index in [1.165, 1.54) is 0 Å². The average molecular weight is 193 g/mol. The molecule has 0 saturated carbocycles. The van der Waals surface area contributed by atoms with Gasteiger partial charge in [-0.2, -0.15) is 0 Å². The van der Waals surface area contributed by atoms with Gasteiger partial charge in [0.2, 0.25) is 0 Å². The van der Waals surface area contributed by atoms with Crippen LogP contribution < -0.4 is 14.8 Å². The SMILES string of the molecule is CCOc1cccc(OC2CNC2)c1. The van der Waals surface area contributed by atoms with Gasteiger partial charge in [0.15, 0.2) is 0 Å². The largest absolute Gasteiger partial charge is 0.494 e. The van der Waals surface area contributed by atoms with E-state index in [-0.39, 0.29) is 0 Å². The molecular formula is C11H15NO2. The fourth-order valence-corrected chi connectivity index (χ4v) is 1.34. The molecule has 3 heteroatoms. The first-order valence-corrected chi connectivity index (χ1v) is 4.98. The third-order valence-corrected chi connectivity index (χ3v) is 2.16. The summed E-state index contributed by atoms with van der Waals surface area (Å²) in [5, 5.41) is 3.16. The lowest BCUT2D eigenvalue weighted by Gasteiger charge is -2.27. The van der Waals surface area contributed by atoms with Crippen molar-refractivity contribution in [1.82, 2.24) is 5.32 Å². The predicted molar refractivity (Wildman–Crippen MR) is 54.9 cm³/mol. The molecule has 1 aromatic carbocycles. The number of nitrogens with one attached hydrogen (secondary N) is 1. The fraction of sp³-hybridized carbons (Fsp3) is 0.455. The molecule has 1 aliphatic heterocycles. The molecule has 1 saturated heterocycles. The Morgan fingerprint density at radius 1 is 1.36 bits per heavy atom. The first kappa shape index (κ1) is 9.34.